The van der Waals surface area contributed by atoms with Crippen LogP contribution in [0.3, 0.4) is 0 Å². The molecule has 0 radical (unpaired) electrons. The van der Waals surface area contributed by atoms with Crippen LogP contribution in [-0.2, 0) is 0 Å². The zero-order valence-electron chi connectivity index (χ0n) is 16.7. The van der Waals surface area contributed by atoms with Gasteiger partial charge in [0.1, 0.15) is 5.82 Å². The van der Waals surface area contributed by atoms with Gasteiger partial charge in [-0.3, -0.25) is 4.79 Å². The molecule has 30 heavy (non-hydrogen) atoms. The first kappa shape index (κ1) is 22.2. The van der Waals surface area contributed by atoms with Gasteiger partial charge in [0.05, 0.1) is 29.6 Å². The molecule has 1 amide bonds. The Morgan fingerprint density at radius 1 is 1.17 bits per heavy atom. The number of nitrogens with one attached hydrogen (secondary N) is 2. The normalized spacial score (nSPS) is 18.7. The number of hydrogen-bond acceptors (Lipinski definition) is 4. The van der Waals surface area contributed by atoms with Crippen LogP contribution in [0.15, 0.2) is 18.3 Å². The smallest absolute Gasteiger partial charge is 0.256 e. The van der Waals surface area contributed by atoms with Gasteiger partial charge in [0, 0.05) is 24.2 Å². The van der Waals surface area contributed by atoms with Gasteiger partial charge in [-0.2, -0.15) is 0 Å². The summed E-state index contributed by atoms with van der Waals surface area (Å²) in [6, 6.07) is 3.49. The highest BCUT2D eigenvalue weighted by atomic mass is 35.5. The fraction of sp³-hybridized carbons (Fsp3) is 0.429. The highest BCUT2D eigenvalue weighted by Gasteiger charge is 2.29. The minimum atomic E-state index is -1.41. The van der Waals surface area contributed by atoms with Crippen molar-refractivity contribution in [2.24, 2.45) is 5.92 Å². The number of carbonyl (C=O) groups excluding carboxylic acids is 1. The molecule has 162 valence electrons. The molecule has 1 heterocycles. The van der Waals surface area contributed by atoms with Crippen molar-refractivity contribution in [2.45, 2.75) is 38.6 Å². The maximum atomic E-state index is 14.3. The Balaban J connectivity index is 1.53. The van der Waals surface area contributed by atoms with Gasteiger partial charge in [0.15, 0.2) is 11.6 Å². The third-order valence-corrected chi connectivity index (χ3v) is 5.79. The van der Waals surface area contributed by atoms with Crippen LogP contribution in [0.4, 0.5) is 18.9 Å². The number of hydrogen-bond donors (Lipinski definition) is 2. The van der Waals surface area contributed by atoms with Crippen molar-refractivity contribution >= 4 is 23.2 Å². The van der Waals surface area contributed by atoms with Crippen LogP contribution in [0, 0.1) is 30.3 Å². The Labute approximate surface area is 178 Å². The number of aromatic nitrogens is 1. The van der Waals surface area contributed by atoms with Crippen LogP contribution < -0.4 is 15.4 Å². The summed E-state index contributed by atoms with van der Waals surface area (Å²) < 4.78 is 46.7. The largest absolute Gasteiger partial charge is 0.481 e. The quantitative estimate of drug-likeness (QED) is 0.496. The number of pyridine rings is 1. The van der Waals surface area contributed by atoms with E-state index >= 15 is 0 Å². The summed E-state index contributed by atoms with van der Waals surface area (Å²) in [5, 5.41) is 5.20. The lowest BCUT2D eigenvalue weighted by Crippen LogP contribution is -2.39. The predicted octanol–water partition coefficient (Wildman–Crippen LogP) is 4.87. The maximum Gasteiger partial charge on any atom is 0.256 e. The Kier molecular flexibility index (Phi) is 7.07. The Morgan fingerprint density at radius 3 is 2.47 bits per heavy atom. The second kappa shape index (κ2) is 9.55. The molecule has 0 bridgehead atoms. The number of benzene rings is 1. The number of anilines is 1. The fourth-order valence-electron chi connectivity index (χ4n) is 3.59. The minimum absolute atomic E-state index is 0.180. The molecule has 0 saturated heterocycles. The zero-order valence-corrected chi connectivity index (χ0v) is 17.5. The lowest BCUT2D eigenvalue weighted by molar-refractivity contribution is 0.0918. The van der Waals surface area contributed by atoms with E-state index in [1.165, 1.54) is 0 Å². The van der Waals surface area contributed by atoms with Crippen molar-refractivity contribution in [3.8, 4) is 5.88 Å². The number of carbonyl (C=O) groups is 1. The zero-order chi connectivity index (χ0) is 21.8. The Hall–Kier alpha value is -2.48. The summed E-state index contributed by atoms with van der Waals surface area (Å²) in [6.45, 7) is 1.83. The third-order valence-electron chi connectivity index (χ3n) is 5.43. The van der Waals surface area contributed by atoms with E-state index in [0.29, 0.717) is 24.6 Å². The van der Waals surface area contributed by atoms with Gasteiger partial charge in [0.25, 0.3) is 5.91 Å². The number of ether oxygens (including phenoxy) is 1. The van der Waals surface area contributed by atoms with Gasteiger partial charge >= 0.3 is 0 Å². The summed E-state index contributed by atoms with van der Waals surface area (Å²) >= 11 is 5.69. The molecule has 1 saturated carbocycles. The monoisotopic (exact) mass is 441 g/mol. The molecule has 0 atom stereocenters. The van der Waals surface area contributed by atoms with E-state index in [4.69, 9.17) is 16.3 Å². The average molecular weight is 442 g/mol. The van der Waals surface area contributed by atoms with Crippen molar-refractivity contribution in [2.75, 3.05) is 19.0 Å². The second-order valence-electron chi connectivity index (χ2n) is 7.42. The van der Waals surface area contributed by atoms with Gasteiger partial charge in [-0.1, -0.05) is 11.6 Å². The molecule has 0 spiro atoms. The van der Waals surface area contributed by atoms with Crippen LogP contribution in [0.1, 0.15) is 41.6 Å². The second-order valence-corrected chi connectivity index (χ2v) is 7.80. The summed E-state index contributed by atoms with van der Waals surface area (Å²) in [5.74, 6) is -3.80. The molecule has 1 aromatic carbocycles. The lowest BCUT2D eigenvalue weighted by Gasteiger charge is -2.29. The fourth-order valence-corrected chi connectivity index (χ4v) is 3.84. The van der Waals surface area contributed by atoms with Crippen LogP contribution in [0.2, 0.25) is 5.02 Å². The van der Waals surface area contributed by atoms with Gasteiger partial charge < -0.3 is 15.4 Å². The van der Waals surface area contributed by atoms with Crippen LogP contribution in [0.5, 0.6) is 5.88 Å². The molecule has 1 fully saturated rings. The molecule has 5 nitrogen and oxygen atoms in total. The van der Waals surface area contributed by atoms with Crippen LogP contribution in [-0.4, -0.2) is 30.6 Å². The van der Waals surface area contributed by atoms with E-state index in [1.54, 1.807) is 19.4 Å². The molecule has 1 aliphatic rings. The molecule has 0 unspecified atom stereocenters. The van der Waals surface area contributed by atoms with Gasteiger partial charge in [-0.25, -0.2) is 18.2 Å². The van der Waals surface area contributed by atoms with Crippen molar-refractivity contribution in [3.05, 3.63) is 51.9 Å². The van der Waals surface area contributed by atoms with E-state index in [1.807, 2.05) is 6.07 Å². The standard InChI is InChI=1S/C21H23ClF3N3O2/c1-11-18(23)16(17(22)20(25)19(11)24)21(29)28-13-5-3-12(4-6-13)9-26-14-7-8-15(30-2)27-10-14/h7-8,10,12-13,26H,3-6,9H2,1-2H3,(H,28,29). The third kappa shape index (κ3) is 4.80. The van der Waals surface area contributed by atoms with Gasteiger partial charge in [0.2, 0.25) is 5.88 Å². The summed E-state index contributed by atoms with van der Waals surface area (Å²) in [4.78, 5) is 16.6. The van der Waals surface area contributed by atoms with Crippen LogP contribution in [0.25, 0.3) is 0 Å². The lowest BCUT2D eigenvalue weighted by atomic mass is 9.86. The summed E-state index contributed by atoms with van der Waals surface area (Å²) in [5.41, 5.74) is -0.321. The summed E-state index contributed by atoms with van der Waals surface area (Å²) in [7, 11) is 1.56. The SMILES string of the molecule is COc1ccc(NCC2CCC(NC(=O)c3c(F)c(C)c(F)c(F)c3Cl)CC2)cn1. The molecule has 3 rings (SSSR count). The highest BCUT2D eigenvalue weighted by molar-refractivity contribution is 6.34. The molecule has 0 aliphatic heterocycles. The molecular weight excluding hydrogens is 419 g/mol. The number of amides is 1. The maximum absolute atomic E-state index is 14.3. The first-order valence-electron chi connectivity index (χ1n) is 9.69. The van der Waals surface area contributed by atoms with E-state index in [2.05, 4.69) is 15.6 Å². The topological polar surface area (TPSA) is 63.2 Å². The van der Waals surface area contributed by atoms with E-state index in [9.17, 15) is 18.0 Å². The first-order chi connectivity index (χ1) is 14.3. The van der Waals surface area contributed by atoms with Crippen molar-refractivity contribution < 1.29 is 22.7 Å². The number of methoxy groups -OCH3 is 1. The minimum Gasteiger partial charge on any atom is -0.481 e. The van der Waals surface area contributed by atoms with E-state index in [-0.39, 0.29) is 6.04 Å². The molecule has 1 aliphatic carbocycles. The molecule has 9 heteroatoms. The van der Waals surface area contributed by atoms with Gasteiger partial charge in [-0.05, 0) is 44.6 Å². The molecule has 1 aromatic heterocycles. The predicted molar refractivity (Wildman–Crippen MR) is 109 cm³/mol. The average Bonchev–Trinajstić information content (AvgIpc) is 2.76. The number of halogens is 4. The number of nitrogens with zero attached hydrogens (tertiary/aromatic N) is 1. The van der Waals surface area contributed by atoms with E-state index < -0.39 is 39.5 Å². The Morgan fingerprint density at radius 2 is 1.87 bits per heavy atom. The molecule has 2 aromatic rings. The molecule has 2 N–H and O–H groups in total. The van der Waals surface area contributed by atoms with Gasteiger partial charge in [-0.15, -0.1) is 0 Å². The first-order valence-corrected chi connectivity index (χ1v) is 10.1. The number of rotatable bonds is 6. The van der Waals surface area contributed by atoms with Crippen molar-refractivity contribution in [3.63, 3.8) is 0 Å². The van der Waals surface area contributed by atoms with Crippen molar-refractivity contribution in [1.82, 2.24) is 10.3 Å². The van der Waals surface area contributed by atoms with Crippen molar-refractivity contribution in [1.29, 1.82) is 0 Å². The highest BCUT2D eigenvalue weighted by Crippen LogP contribution is 2.30. The molecular formula is C21H23ClF3N3O2. The van der Waals surface area contributed by atoms with Crippen LogP contribution >= 0.6 is 11.6 Å². The Bertz CT molecular complexity index is 888. The summed E-state index contributed by atoms with van der Waals surface area (Å²) in [6.07, 6.45) is 4.80. The van der Waals surface area contributed by atoms with E-state index in [0.717, 1.165) is 32.0 Å².